The van der Waals surface area contributed by atoms with Crippen molar-refractivity contribution in [1.82, 2.24) is 16.3 Å². The van der Waals surface area contributed by atoms with Crippen molar-refractivity contribution in [2.45, 2.75) is 5.25 Å². The van der Waals surface area contributed by atoms with Crippen molar-refractivity contribution in [2.75, 3.05) is 0 Å². The summed E-state index contributed by atoms with van der Waals surface area (Å²) in [6, 6.07) is 7.42. The van der Waals surface area contributed by atoms with Crippen molar-refractivity contribution in [1.29, 1.82) is 0 Å². The number of carbonyl (C=O) groups is 3. The van der Waals surface area contributed by atoms with E-state index >= 15 is 0 Å². The number of amides is 3. The van der Waals surface area contributed by atoms with Gasteiger partial charge in [-0.2, -0.15) is 12.6 Å². The smallest absolute Gasteiger partial charge is 0.292 e. The van der Waals surface area contributed by atoms with E-state index in [-0.39, 0.29) is 0 Å². The van der Waals surface area contributed by atoms with Crippen LogP contribution in [-0.2, 0) is 4.79 Å². The van der Waals surface area contributed by atoms with Gasteiger partial charge in [0.1, 0.15) is 5.25 Å². The van der Waals surface area contributed by atoms with Gasteiger partial charge in [0.05, 0.1) is 0 Å². The molecule has 0 heterocycles. The van der Waals surface area contributed by atoms with Gasteiger partial charge in [0.2, 0.25) is 0 Å². The molecule has 8 heteroatoms. The van der Waals surface area contributed by atoms with Crippen LogP contribution in [0.15, 0.2) is 30.3 Å². The molecule has 0 fully saturated rings. The first kappa shape index (κ1) is 14.0. The van der Waals surface area contributed by atoms with E-state index in [9.17, 15) is 14.4 Å². The number of rotatable bonds is 3. The Morgan fingerprint density at radius 2 is 1.72 bits per heavy atom. The highest BCUT2D eigenvalue weighted by molar-refractivity contribution is 7.82. The summed E-state index contributed by atoms with van der Waals surface area (Å²) in [5.74, 6) is 3.57. The normalized spacial score (nSPS) is 11.2. The number of nitrogens with one attached hydrogen (secondary N) is 3. The van der Waals surface area contributed by atoms with Crippen molar-refractivity contribution in [3.63, 3.8) is 0 Å². The van der Waals surface area contributed by atoms with Crippen LogP contribution in [0.4, 0.5) is 4.79 Å². The third-order valence-electron chi connectivity index (χ3n) is 1.99. The van der Waals surface area contributed by atoms with E-state index in [1.807, 2.05) is 10.9 Å². The van der Waals surface area contributed by atoms with Crippen LogP contribution in [-0.4, -0.2) is 23.0 Å². The number of hydrogen-bond acceptors (Lipinski definition) is 5. The zero-order chi connectivity index (χ0) is 13.5. The van der Waals surface area contributed by atoms with Gasteiger partial charge in [0.15, 0.2) is 5.78 Å². The lowest BCUT2D eigenvalue weighted by molar-refractivity contribution is -0.120. The fourth-order valence-corrected chi connectivity index (χ4v) is 1.32. The molecule has 0 aliphatic heterocycles. The van der Waals surface area contributed by atoms with Gasteiger partial charge in [-0.15, -0.1) is 0 Å². The molecule has 1 rings (SSSR count). The Morgan fingerprint density at radius 1 is 1.11 bits per heavy atom. The maximum atomic E-state index is 11.8. The minimum atomic E-state index is -1.22. The van der Waals surface area contributed by atoms with E-state index in [0.29, 0.717) is 5.56 Å². The Bertz CT molecular complexity index is 452. The topological polar surface area (TPSA) is 113 Å². The molecule has 0 bridgehead atoms. The molecule has 0 aromatic heterocycles. The van der Waals surface area contributed by atoms with E-state index < -0.39 is 23.0 Å². The molecule has 96 valence electrons. The Kier molecular flexibility index (Phi) is 5.15. The summed E-state index contributed by atoms with van der Waals surface area (Å²) in [4.78, 5) is 34.0. The Hall–Kier alpha value is -2.06. The highest BCUT2D eigenvalue weighted by atomic mass is 32.1. The fraction of sp³-hybridized carbons (Fsp3) is 0.100. The molecule has 0 saturated heterocycles. The number of hydrogen-bond donors (Lipinski definition) is 5. The lowest BCUT2D eigenvalue weighted by atomic mass is 10.1. The minimum absolute atomic E-state index is 0.357. The van der Waals surface area contributed by atoms with Gasteiger partial charge in [-0.25, -0.2) is 16.1 Å². The summed E-state index contributed by atoms with van der Waals surface area (Å²) in [5.41, 5.74) is 6.05. The molecule has 7 nitrogen and oxygen atoms in total. The number of urea groups is 1. The zero-order valence-electron chi connectivity index (χ0n) is 9.21. The maximum Gasteiger partial charge on any atom is 0.347 e. The second kappa shape index (κ2) is 6.62. The van der Waals surface area contributed by atoms with E-state index in [4.69, 9.17) is 5.84 Å². The summed E-state index contributed by atoms with van der Waals surface area (Å²) in [6.45, 7) is 0. The van der Waals surface area contributed by atoms with Gasteiger partial charge in [0.25, 0.3) is 5.91 Å². The van der Waals surface area contributed by atoms with E-state index in [0.717, 1.165) is 0 Å². The molecule has 1 aromatic rings. The molecule has 0 radical (unpaired) electrons. The van der Waals surface area contributed by atoms with Crippen molar-refractivity contribution in [2.24, 2.45) is 5.84 Å². The average molecular weight is 268 g/mol. The lowest BCUT2D eigenvalue weighted by Crippen LogP contribution is -2.52. The van der Waals surface area contributed by atoms with Crippen molar-refractivity contribution in [3.8, 4) is 0 Å². The van der Waals surface area contributed by atoms with Gasteiger partial charge < -0.3 is 0 Å². The molecule has 0 aliphatic rings. The zero-order valence-corrected chi connectivity index (χ0v) is 10.1. The van der Waals surface area contributed by atoms with Crippen LogP contribution in [0.2, 0.25) is 0 Å². The second-order valence-electron chi connectivity index (χ2n) is 3.22. The number of Topliss-reactive ketones (excluding diaryl/α,β-unsaturated/α-hetero) is 1. The van der Waals surface area contributed by atoms with Crippen LogP contribution in [0, 0.1) is 0 Å². The number of benzene rings is 1. The van der Waals surface area contributed by atoms with Crippen molar-refractivity contribution in [3.05, 3.63) is 35.9 Å². The molecule has 3 amide bonds. The van der Waals surface area contributed by atoms with Crippen molar-refractivity contribution >= 4 is 30.4 Å². The van der Waals surface area contributed by atoms with Crippen LogP contribution in [0.25, 0.3) is 0 Å². The van der Waals surface area contributed by atoms with Gasteiger partial charge in [0, 0.05) is 5.56 Å². The van der Waals surface area contributed by atoms with Crippen LogP contribution >= 0.6 is 12.6 Å². The monoisotopic (exact) mass is 268 g/mol. The molecule has 0 aliphatic carbocycles. The third-order valence-corrected chi connectivity index (χ3v) is 2.45. The average Bonchev–Trinajstić information content (AvgIpc) is 2.43. The first-order valence-corrected chi connectivity index (χ1v) is 5.41. The number of ketones is 1. The van der Waals surface area contributed by atoms with Gasteiger partial charge in [-0.1, -0.05) is 30.3 Å². The Labute approximate surface area is 108 Å². The summed E-state index contributed by atoms with van der Waals surface area (Å²) < 4.78 is 0. The number of carbonyl (C=O) groups excluding carboxylic acids is 3. The Balaban J connectivity index is 2.59. The van der Waals surface area contributed by atoms with Gasteiger partial charge in [-0.3, -0.25) is 20.4 Å². The van der Waals surface area contributed by atoms with Crippen LogP contribution < -0.4 is 22.1 Å². The van der Waals surface area contributed by atoms with Crippen LogP contribution in [0.3, 0.4) is 0 Å². The largest absolute Gasteiger partial charge is 0.347 e. The molecule has 0 saturated carbocycles. The maximum absolute atomic E-state index is 11.8. The highest BCUT2D eigenvalue weighted by Crippen LogP contribution is 2.07. The molecule has 1 atom stereocenters. The molecule has 1 aromatic carbocycles. The third kappa shape index (κ3) is 3.75. The minimum Gasteiger partial charge on any atom is -0.292 e. The van der Waals surface area contributed by atoms with Crippen molar-refractivity contribution < 1.29 is 14.4 Å². The van der Waals surface area contributed by atoms with E-state index in [1.165, 1.54) is 0 Å². The van der Waals surface area contributed by atoms with E-state index in [2.05, 4.69) is 12.6 Å². The van der Waals surface area contributed by atoms with Crippen LogP contribution in [0.1, 0.15) is 10.4 Å². The SMILES string of the molecule is NNC(=O)NNC(=O)C(S)C(=O)c1ccccc1. The van der Waals surface area contributed by atoms with Gasteiger partial charge in [-0.05, 0) is 0 Å². The first-order valence-electron chi connectivity index (χ1n) is 4.90. The number of thiol groups is 1. The summed E-state index contributed by atoms with van der Waals surface area (Å²) >= 11 is 3.90. The fourth-order valence-electron chi connectivity index (χ4n) is 1.10. The lowest BCUT2D eigenvalue weighted by Gasteiger charge is -2.11. The predicted molar refractivity (Wildman–Crippen MR) is 67.5 cm³/mol. The molecule has 1 unspecified atom stereocenters. The molecule has 5 N–H and O–H groups in total. The Morgan fingerprint density at radius 3 is 2.28 bits per heavy atom. The standard InChI is InChI=1S/C10H12N4O3S/c11-12-10(17)14-13-9(16)8(18)7(15)6-4-2-1-3-5-6/h1-5,8,18H,11H2,(H,13,16)(H2,12,14,17). The van der Waals surface area contributed by atoms with Crippen LogP contribution in [0.5, 0.6) is 0 Å². The molecule has 0 spiro atoms. The van der Waals surface area contributed by atoms with Gasteiger partial charge >= 0.3 is 6.03 Å². The summed E-state index contributed by atoms with van der Waals surface area (Å²) in [6.07, 6.45) is 0. The summed E-state index contributed by atoms with van der Waals surface area (Å²) in [5, 5.41) is -1.22. The predicted octanol–water partition coefficient (Wildman–Crippen LogP) is -0.628. The number of hydrazine groups is 2. The highest BCUT2D eigenvalue weighted by Gasteiger charge is 2.23. The second-order valence-corrected chi connectivity index (χ2v) is 3.74. The molecular formula is C10H12N4O3S. The molecular weight excluding hydrogens is 256 g/mol. The van der Waals surface area contributed by atoms with E-state index in [1.54, 1.807) is 35.8 Å². The number of nitrogens with two attached hydrogens (primary N) is 1. The molecule has 18 heavy (non-hydrogen) atoms. The first-order chi connectivity index (χ1) is 8.56. The quantitative estimate of drug-likeness (QED) is 0.125. The summed E-state index contributed by atoms with van der Waals surface area (Å²) in [7, 11) is 0.